The van der Waals surface area contributed by atoms with E-state index in [1.807, 2.05) is 0 Å². The Kier molecular flexibility index (Phi) is 4.51. The molecule has 8 nitrogen and oxygen atoms in total. The number of nitrogens with zero attached hydrogens (tertiary/aromatic N) is 3. The highest BCUT2D eigenvalue weighted by atomic mass is 79.9. The summed E-state index contributed by atoms with van der Waals surface area (Å²) in [6.07, 6.45) is 1.65. The molecule has 112 valence electrons. The summed E-state index contributed by atoms with van der Waals surface area (Å²) in [7, 11) is 0. The Morgan fingerprint density at radius 3 is 2.52 bits per heavy atom. The molecule has 9 heteroatoms. The zero-order chi connectivity index (χ0) is 15.6. The average molecular weight is 358 g/mol. The minimum absolute atomic E-state index is 0.0262. The molecule has 1 aromatic rings. The molecule has 1 amide bonds. The molecule has 0 spiro atoms. The third kappa shape index (κ3) is 3.54. The van der Waals surface area contributed by atoms with Crippen LogP contribution in [0.2, 0.25) is 0 Å². The van der Waals surface area contributed by atoms with Crippen LogP contribution in [0.15, 0.2) is 21.5 Å². The van der Waals surface area contributed by atoms with E-state index in [2.05, 4.69) is 15.9 Å². The van der Waals surface area contributed by atoms with E-state index in [-0.39, 0.29) is 28.4 Å². The zero-order valence-corrected chi connectivity index (χ0v) is 12.5. The highest BCUT2D eigenvalue weighted by Crippen LogP contribution is 2.14. The van der Waals surface area contributed by atoms with Crippen molar-refractivity contribution in [1.29, 1.82) is 0 Å². The number of amides is 1. The van der Waals surface area contributed by atoms with Crippen molar-refractivity contribution >= 4 is 33.3 Å². The summed E-state index contributed by atoms with van der Waals surface area (Å²) >= 11 is 2.95. The molecule has 2 rings (SSSR count). The Morgan fingerprint density at radius 2 is 1.95 bits per heavy atom. The maximum Gasteiger partial charge on any atom is 0.286 e. The van der Waals surface area contributed by atoms with Crippen LogP contribution in [0.1, 0.15) is 12.8 Å². The molecule has 0 atom stereocenters. The normalized spacial score (nSPS) is 15.1. The Bertz CT molecular complexity index is 659. The summed E-state index contributed by atoms with van der Waals surface area (Å²) in [6, 6.07) is 1.10. The van der Waals surface area contributed by atoms with Crippen molar-refractivity contribution in [1.82, 2.24) is 9.47 Å². The number of carbonyl (C=O) groups is 2. The van der Waals surface area contributed by atoms with Gasteiger partial charge >= 0.3 is 0 Å². The predicted octanol–water partition coefficient (Wildman–Crippen LogP) is 0.710. The molecule has 1 aliphatic heterocycles. The van der Waals surface area contributed by atoms with Gasteiger partial charge < -0.3 is 4.90 Å². The second-order valence-corrected chi connectivity index (χ2v) is 5.51. The number of aromatic nitrogens is 1. The van der Waals surface area contributed by atoms with E-state index in [0.717, 1.165) is 16.8 Å². The van der Waals surface area contributed by atoms with Crippen molar-refractivity contribution in [3.05, 3.63) is 37.2 Å². The van der Waals surface area contributed by atoms with E-state index in [1.54, 1.807) is 0 Å². The Balaban J connectivity index is 2.19. The van der Waals surface area contributed by atoms with Crippen LogP contribution in [0.4, 0.5) is 5.69 Å². The average Bonchev–Trinajstić information content (AvgIpc) is 2.44. The fourth-order valence-electron chi connectivity index (χ4n) is 2.05. The fraction of sp³-hybridized carbons (Fsp3) is 0.417. The number of Topliss-reactive ketones (excluding diaryl/α,β-unsaturated/α-hetero) is 1. The van der Waals surface area contributed by atoms with Gasteiger partial charge in [0.2, 0.25) is 5.91 Å². The van der Waals surface area contributed by atoms with Crippen LogP contribution in [0, 0.1) is 10.1 Å². The van der Waals surface area contributed by atoms with Gasteiger partial charge in [0.05, 0.1) is 15.6 Å². The third-order valence-electron chi connectivity index (χ3n) is 3.22. The lowest BCUT2D eigenvalue weighted by Gasteiger charge is -2.26. The number of piperidine rings is 1. The summed E-state index contributed by atoms with van der Waals surface area (Å²) < 4.78 is 1.03. The fourth-order valence-corrected chi connectivity index (χ4v) is 2.52. The first-order valence-corrected chi connectivity index (χ1v) is 7.01. The molecule has 0 aromatic carbocycles. The maximum atomic E-state index is 12.1. The third-order valence-corrected chi connectivity index (χ3v) is 3.79. The van der Waals surface area contributed by atoms with Gasteiger partial charge in [-0.1, -0.05) is 0 Å². The van der Waals surface area contributed by atoms with E-state index >= 15 is 0 Å². The van der Waals surface area contributed by atoms with Gasteiger partial charge in [-0.3, -0.25) is 29.1 Å². The Morgan fingerprint density at radius 1 is 1.33 bits per heavy atom. The number of ketones is 1. The summed E-state index contributed by atoms with van der Waals surface area (Å²) in [5, 5.41) is 10.8. The first-order valence-electron chi connectivity index (χ1n) is 6.22. The molecule has 0 bridgehead atoms. The van der Waals surface area contributed by atoms with Crippen LogP contribution in [-0.4, -0.2) is 39.2 Å². The molecule has 21 heavy (non-hydrogen) atoms. The van der Waals surface area contributed by atoms with Crippen molar-refractivity contribution in [2.75, 3.05) is 13.1 Å². The second kappa shape index (κ2) is 6.17. The first-order chi connectivity index (χ1) is 9.88. The van der Waals surface area contributed by atoms with Gasteiger partial charge in [0.25, 0.3) is 11.2 Å². The van der Waals surface area contributed by atoms with E-state index in [0.29, 0.717) is 25.9 Å². The van der Waals surface area contributed by atoms with Gasteiger partial charge in [0.15, 0.2) is 0 Å². The lowest BCUT2D eigenvalue weighted by Crippen LogP contribution is -2.41. The molecule has 0 N–H and O–H groups in total. The van der Waals surface area contributed by atoms with Gasteiger partial charge in [0, 0.05) is 32.0 Å². The van der Waals surface area contributed by atoms with E-state index in [1.165, 1.54) is 4.90 Å². The van der Waals surface area contributed by atoms with Crippen molar-refractivity contribution in [2.45, 2.75) is 19.4 Å². The number of nitro groups is 1. The van der Waals surface area contributed by atoms with Crippen LogP contribution in [0.3, 0.4) is 0 Å². The molecule has 0 radical (unpaired) electrons. The molecule has 0 unspecified atom stereocenters. The van der Waals surface area contributed by atoms with Gasteiger partial charge in [0.1, 0.15) is 12.3 Å². The topological polar surface area (TPSA) is 103 Å². The lowest BCUT2D eigenvalue weighted by atomic mass is 10.1. The number of hydrogen-bond acceptors (Lipinski definition) is 5. The minimum Gasteiger partial charge on any atom is -0.340 e. The monoisotopic (exact) mass is 357 g/mol. The SMILES string of the molecule is O=C1CCN(C(=O)Cn2cc([N+](=O)[O-])cc(Br)c2=O)CC1. The maximum absolute atomic E-state index is 12.1. The molecule has 0 aliphatic carbocycles. The van der Waals surface area contributed by atoms with E-state index in [4.69, 9.17) is 0 Å². The highest BCUT2D eigenvalue weighted by molar-refractivity contribution is 9.10. The van der Waals surface area contributed by atoms with Crippen molar-refractivity contribution in [3.63, 3.8) is 0 Å². The first kappa shape index (κ1) is 15.4. The van der Waals surface area contributed by atoms with E-state index in [9.17, 15) is 24.5 Å². The van der Waals surface area contributed by atoms with Crippen LogP contribution in [0.5, 0.6) is 0 Å². The largest absolute Gasteiger partial charge is 0.340 e. The minimum atomic E-state index is -0.634. The standard InChI is InChI=1S/C12H12BrN3O5/c13-10-5-8(16(20)21)6-15(12(10)19)7-11(18)14-3-1-9(17)2-4-14/h5-6H,1-4,7H2. The molecule has 0 saturated carbocycles. The molecule has 1 saturated heterocycles. The molecule has 1 aliphatic rings. The summed E-state index contributed by atoms with van der Waals surface area (Å²) in [5.41, 5.74) is -0.787. The second-order valence-electron chi connectivity index (χ2n) is 4.66. The molecule has 2 heterocycles. The van der Waals surface area contributed by atoms with Crippen LogP contribution < -0.4 is 5.56 Å². The van der Waals surface area contributed by atoms with Crippen LogP contribution in [0.25, 0.3) is 0 Å². The predicted molar refractivity (Wildman–Crippen MR) is 75.9 cm³/mol. The number of rotatable bonds is 3. The number of likely N-dealkylation sites (tertiary alicyclic amines) is 1. The lowest BCUT2D eigenvalue weighted by molar-refractivity contribution is -0.385. The molecular formula is C12H12BrN3O5. The summed E-state index contributed by atoms with van der Waals surface area (Å²) in [5.74, 6) is -0.230. The van der Waals surface area contributed by atoms with E-state index < -0.39 is 10.5 Å². The smallest absolute Gasteiger partial charge is 0.286 e. The summed E-state index contributed by atoms with van der Waals surface area (Å²) in [6.45, 7) is 0.359. The zero-order valence-electron chi connectivity index (χ0n) is 11.0. The van der Waals surface area contributed by atoms with Gasteiger partial charge in [-0.15, -0.1) is 0 Å². The summed E-state index contributed by atoms with van der Waals surface area (Å²) in [4.78, 5) is 46.7. The van der Waals surface area contributed by atoms with Crippen LogP contribution >= 0.6 is 15.9 Å². The van der Waals surface area contributed by atoms with Gasteiger partial charge in [-0.25, -0.2) is 0 Å². The van der Waals surface area contributed by atoms with Crippen molar-refractivity contribution in [2.24, 2.45) is 0 Å². The number of carbonyl (C=O) groups excluding carboxylic acids is 2. The molecule has 1 fully saturated rings. The Labute approximate surface area is 127 Å². The Hall–Kier alpha value is -2.03. The molecule has 1 aromatic heterocycles. The number of halogens is 1. The number of hydrogen-bond donors (Lipinski definition) is 0. The highest BCUT2D eigenvalue weighted by Gasteiger charge is 2.22. The van der Waals surface area contributed by atoms with Gasteiger partial charge in [-0.05, 0) is 15.9 Å². The van der Waals surface area contributed by atoms with Crippen molar-refractivity contribution < 1.29 is 14.5 Å². The molecular weight excluding hydrogens is 346 g/mol. The quantitative estimate of drug-likeness (QED) is 0.585. The van der Waals surface area contributed by atoms with Gasteiger partial charge in [-0.2, -0.15) is 0 Å². The van der Waals surface area contributed by atoms with Crippen molar-refractivity contribution in [3.8, 4) is 0 Å². The number of pyridine rings is 1. The van der Waals surface area contributed by atoms with Crippen LogP contribution in [-0.2, 0) is 16.1 Å².